The summed E-state index contributed by atoms with van der Waals surface area (Å²) in [6.45, 7) is 2.03. The van der Waals surface area contributed by atoms with Crippen LogP contribution in [0.15, 0.2) is 77.4 Å². The van der Waals surface area contributed by atoms with Crippen molar-refractivity contribution in [2.75, 3.05) is 13.2 Å². The molecule has 0 radical (unpaired) electrons. The topological polar surface area (TPSA) is 60.7 Å². The molecular weight excluding hydrogens is 324 g/mol. The number of aliphatic hydroxyl groups excluding tert-OH is 2. The van der Waals surface area contributed by atoms with Gasteiger partial charge in [0.1, 0.15) is 5.75 Å². The molecule has 1 aliphatic carbocycles. The average molecular weight is 350 g/mol. The molecule has 2 aromatic carbocycles. The lowest BCUT2D eigenvalue weighted by atomic mass is 9.72. The van der Waals surface area contributed by atoms with Gasteiger partial charge >= 0.3 is 0 Å². The first kappa shape index (κ1) is 18.4. The monoisotopic (exact) mass is 350 g/mol. The Kier molecular flexibility index (Phi) is 5.92. The van der Waals surface area contributed by atoms with Gasteiger partial charge in [0.05, 0.1) is 13.2 Å². The highest BCUT2D eigenvalue weighted by Gasteiger charge is 2.29. The molecule has 0 amide bonds. The molecule has 0 heterocycles. The molecule has 3 heteroatoms. The van der Waals surface area contributed by atoms with Crippen LogP contribution in [0.1, 0.15) is 18.1 Å². The molecule has 3 N–H and O–H groups in total. The number of hydrogen-bond donors (Lipinski definition) is 3. The maximum absolute atomic E-state index is 10.0. The summed E-state index contributed by atoms with van der Waals surface area (Å²) in [5.74, 6) is 0.733. The average Bonchev–Trinajstić information content (AvgIpc) is 2.65. The summed E-state index contributed by atoms with van der Waals surface area (Å²) in [6, 6.07) is 17.6. The van der Waals surface area contributed by atoms with Crippen molar-refractivity contribution >= 4 is 0 Å². The summed E-state index contributed by atoms with van der Waals surface area (Å²) in [4.78, 5) is 0. The normalized spacial score (nSPS) is 20.2. The number of phenols is 1. The Morgan fingerprint density at radius 1 is 0.885 bits per heavy atom. The minimum Gasteiger partial charge on any atom is -0.508 e. The lowest BCUT2D eigenvalue weighted by molar-refractivity contribution is 0.300. The SMILES string of the molecule is CC1C=C(CO)C(CO)=C(Cc2ccccc2)C1Cc1cccc(O)c1. The molecule has 2 aromatic rings. The van der Waals surface area contributed by atoms with E-state index in [9.17, 15) is 15.3 Å². The number of aromatic hydroxyl groups is 1. The summed E-state index contributed by atoms with van der Waals surface area (Å²) in [5, 5.41) is 29.6. The van der Waals surface area contributed by atoms with Crippen LogP contribution < -0.4 is 0 Å². The van der Waals surface area contributed by atoms with E-state index in [-0.39, 0.29) is 30.8 Å². The van der Waals surface area contributed by atoms with Gasteiger partial charge < -0.3 is 15.3 Å². The van der Waals surface area contributed by atoms with E-state index in [0.717, 1.165) is 29.6 Å². The Morgan fingerprint density at radius 3 is 2.27 bits per heavy atom. The van der Waals surface area contributed by atoms with Crippen LogP contribution in [0.25, 0.3) is 0 Å². The molecule has 0 saturated carbocycles. The van der Waals surface area contributed by atoms with Crippen LogP contribution in [0.3, 0.4) is 0 Å². The summed E-state index contributed by atoms with van der Waals surface area (Å²) >= 11 is 0. The van der Waals surface area contributed by atoms with Gasteiger partial charge in [-0.3, -0.25) is 0 Å². The third-order valence-corrected chi connectivity index (χ3v) is 5.25. The Morgan fingerprint density at radius 2 is 1.62 bits per heavy atom. The van der Waals surface area contributed by atoms with Gasteiger partial charge in [-0.2, -0.15) is 0 Å². The molecule has 26 heavy (non-hydrogen) atoms. The number of aliphatic hydroxyl groups is 2. The van der Waals surface area contributed by atoms with E-state index in [1.54, 1.807) is 12.1 Å². The van der Waals surface area contributed by atoms with Gasteiger partial charge in [0.15, 0.2) is 0 Å². The van der Waals surface area contributed by atoms with Crippen LogP contribution in [-0.2, 0) is 12.8 Å². The number of allylic oxidation sites excluding steroid dienone is 2. The molecule has 136 valence electrons. The van der Waals surface area contributed by atoms with E-state index in [4.69, 9.17) is 0 Å². The fraction of sp³-hybridized carbons (Fsp3) is 0.304. The van der Waals surface area contributed by atoms with Crippen molar-refractivity contribution < 1.29 is 15.3 Å². The second-order valence-electron chi connectivity index (χ2n) is 7.01. The van der Waals surface area contributed by atoms with Gasteiger partial charge in [-0.05, 0) is 59.1 Å². The van der Waals surface area contributed by atoms with Crippen LogP contribution in [-0.4, -0.2) is 28.5 Å². The highest BCUT2D eigenvalue weighted by atomic mass is 16.3. The van der Waals surface area contributed by atoms with Gasteiger partial charge in [-0.25, -0.2) is 0 Å². The number of benzene rings is 2. The Balaban J connectivity index is 1.99. The van der Waals surface area contributed by atoms with Crippen LogP contribution in [0.4, 0.5) is 0 Å². The molecule has 0 bridgehead atoms. The first-order chi connectivity index (χ1) is 12.6. The molecule has 3 rings (SSSR count). The van der Waals surface area contributed by atoms with Crippen molar-refractivity contribution in [3.63, 3.8) is 0 Å². The van der Waals surface area contributed by atoms with Gasteiger partial charge in [-0.15, -0.1) is 0 Å². The molecule has 1 aliphatic rings. The van der Waals surface area contributed by atoms with Crippen molar-refractivity contribution in [2.45, 2.75) is 19.8 Å². The Labute approximate surface area is 155 Å². The first-order valence-electron chi connectivity index (χ1n) is 9.09. The van der Waals surface area contributed by atoms with Crippen molar-refractivity contribution in [3.8, 4) is 5.75 Å². The zero-order chi connectivity index (χ0) is 18.5. The summed E-state index contributed by atoms with van der Waals surface area (Å²) in [5.41, 5.74) is 5.14. The van der Waals surface area contributed by atoms with Gasteiger partial charge in [0.25, 0.3) is 0 Å². The zero-order valence-electron chi connectivity index (χ0n) is 15.1. The second-order valence-corrected chi connectivity index (χ2v) is 7.01. The minimum atomic E-state index is -0.0716. The largest absolute Gasteiger partial charge is 0.508 e. The quantitative estimate of drug-likeness (QED) is 0.745. The molecule has 2 atom stereocenters. The molecule has 0 aromatic heterocycles. The fourth-order valence-corrected chi connectivity index (χ4v) is 3.93. The van der Waals surface area contributed by atoms with E-state index in [1.807, 2.05) is 30.3 Å². The van der Waals surface area contributed by atoms with Crippen LogP contribution in [0.2, 0.25) is 0 Å². The van der Waals surface area contributed by atoms with Gasteiger partial charge in [0, 0.05) is 0 Å². The third kappa shape index (κ3) is 4.06. The Bertz CT molecular complexity index is 805. The number of hydrogen-bond acceptors (Lipinski definition) is 3. The number of phenolic OH excluding ortho intramolecular Hbond substituents is 1. The molecule has 0 aliphatic heterocycles. The van der Waals surface area contributed by atoms with Gasteiger partial charge in [0.2, 0.25) is 0 Å². The zero-order valence-corrected chi connectivity index (χ0v) is 15.1. The molecule has 2 unspecified atom stereocenters. The third-order valence-electron chi connectivity index (χ3n) is 5.25. The molecule has 0 saturated heterocycles. The Hall–Kier alpha value is -2.36. The van der Waals surface area contributed by atoms with E-state index in [2.05, 4.69) is 25.1 Å². The van der Waals surface area contributed by atoms with Crippen LogP contribution in [0, 0.1) is 11.8 Å². The predicted molar refractivity (Wildman–Crippen MR) is 104 cm³/mol. The molecular formula is C23H26O3. The molecule has 0 fully saturated rings. The number of rotatable bonds is 6. The summed E-state index contributed by atoms with van der Waals surface area (Å²) in [7, 11) is 0. The van der Waals surface area contributed by atoms with Crippen molar-refractivity contribution in [1.29, 1.82) is 0 Å². The smallest absolute Gasteiger partial charge is 0.115 e. The predicted octanol–water partition coefficient (Wildman–Crippen LogP) is 3.65. The molecule has 0 spiro atoms. The van der Waals surface area contributed by atoms with Crippen molar-refractivity contribution in [3.05, 3.63) is 88.5 Å². The standard InChI is InChI=1S/C23H26O3/c1-16-10-19(14-24)23(15-25)22(12-17-6-3-2-4-7-17)21(16)13-18-8-5-9-20(26)11-18/h2-11,16,21,24-26H,12-15H2,1H3. The highest BCUT2D eigenvalue weighted by Crippen LogP contribution is 2.38. The highest BCUT2D eigenvalue weighted by molar-refractivity contribution is 5.44. The van der Waals surface area contributed by atoms with Crippen LogP contribution in [0.5, 0.6) is 5.75 Å². The first-order valence-corrected chi connectivity index (χ1v) is 9.09. The maximum Gasteiger partial charge on any atom is 0.115 e. The van der Waals surface area contributed by atoms with Crippen molar-refractivity contribution in [2.24, 2.45) is 11.8 Å². The maximum atomic E-state index is 10.0. The fourth-order valence-electron chi connectivity index (χ4n) is 3.93. The minimum absolute atomic E-state index is 0.0582. The molecule has 3 nitrogen and oxygen atoms in total. The van der Waals surface area contributed by atoms with E-state index >= 15 is 0 Å². The van der Waals surface area contributed by atoms with Crippen LogP contribution >= 0.6 is 0 Å². The lowest BCUT2D eigenvalue weighted by Crippen LogP contribution is -2.25. The van der Waals surface area contributed by atoms with E-state index in [0.29, 0.717) is 0 Å². The van der Waals surface area contributed by atoms with Gasteiger partial charge in [-0.1, -0.05) is 61.0 Å². The second kappa shape index (κ2) is 8.35. The van der Waals surface area contributed by atoms with Crippen molar-refractivity contribution in [1.82, 2.24) is 0 Å². The summed E-state index contributed by atoms with van der Waals surface area (Å²) < 4.78 is 0. The summed E-state index contributed by atoms with van der Waals surface area (Å²) in [6.07, 6.45) is 3.62. The van der Waals surface area contributed by atoms with E-state index in [1.165, 1.54) is 11.1 Å². The van der Waals surface area contributed by atoms with E-state index < -0.39 is 0 Å². The lowest BCUT2D eigenvalue weighted by Gasteiger charge is -2.33.